The van der Waals surface area contributed by atoms with Gasteiger partial charge in [0, 0.05) is 12.2 Å². The molecule has 1 N–H and O–H groups in total. The molecule has 0 radical (unpaired) electrons. The van der Waals surface area contributed by atoms with Gasteiger partial charge in [-0.3, -0.25) is 0 Å². The number of hydrogen-bond donors (Lipinski definition) is 1. The lowest BCUT2D eigenvalue weighted by atomic mass is 10.3. The van der Waals surface area contributed by atoms with Crippen LogP contribution in [-0.2, 0) is 4.74 Å². The van der Waals surface area contributed by atoms with Crippen LogP contribution >= 0.6 is 0 Å². The fraction of sp³-hybridized carbons (Fsp3) is 0.500. The van der Waals surface area contributed by atoms with Crippen LogP contribution in [0.15, 0.2) is 6.07 Å². The lowest BCUT2D eigenvalue weighted by Crippen LogP contribution is -2.14. The molecule has 0 bridgehead atoms. The van der Waals surface area contributed by atoms with E-state index < -0.39 is 13.0 Å². The molecule has 17 heavy (non-hydrogen) atoms. The van der Waals surface area contributed by atoms with Crippen LogP contribution in [-0.4, -0.2) is 36.2 Å². The first-order chi connectivity index (χ1) is 8.11. The Morgan fingerprint density at radius 1 is 1.53 bits per heavy atom. The zero-order chi connectivity index (χ0) is 12.7. The van der Waals surface area contributed by atoms with E-state index in [1.807, 2.05) is 6.07 Å². The Morgan fingerprint density at radius 2 is 2.29 bits per heavy atom. The molecule has 0 aliphatic heterocycles. The molecule has 1 aromatic heterocycles. The zero-order valence-corrected chi connectivity index (χ0v) is 9.28. The smallest absolute Gasteiger partial charge is 0.261 e. The molecule has 0 amide bonds. The summed E-state index contributed by atoms with van der Waals surface area (Å²) < 4.78 is 28.1. The van der Waals surface area contributed by atoms with Crippen molar-refractivity contribution in [2.45, 2.75) is 13.3 Å². The highest BCUT2D eigenvalue weighted by Crippen LogP contribution is 2.03. The third-order valence-electron chi connectivity index (χ3n) is 1.74. The monoisotopic (exact) mass is 242 g/mol. The van der Waals surface area contributed by atoms with Crippen LogP contribution in [0.1, 0.15) is 11.4 Å². The van der Waals surface area contributed by atoms with Crippen LogP contribution in [0.4, 0.5) is 14.7 Å². The number of rotatable bonds is 6. The van der Waals surface area contributed by atoms with E-state index in [2.05, 4.69) is 20.0 Å². The highest BCUT2D eigenvalue weighted by Gasteiger charge is 2.03. The molecule has 0 aromatic carbocycles. The molecule has 0 saturated heterocycles. The Kier molecular flexibility index (Phi) is 5.23. The van der Waals surface area contributed by atoms with Crippen LogP contribution < -0.4 is 5.32 Å². The molecule has 0 fully saturated rings. The largest absolute Gasteiger partial charge is 0.374 e. The van der Waals surface area contributed by atoms with Gasteiger partial charge in [0.05, 0.1) is 6.61 Å². The van der Waals surface area contributed by atoms with E-state index in [4.69, 9.17) is 5.26 Å². The van der Waals surface area contributed by atoms with Crippen molar-refractivity contribution in [3.63, 3.8) is 0 Å². The number of halogens is 2. The van der Waals surface area contributed by atoms with Gasteiger partial charge in [0.15, 0.2) is 0 Å². The number of nitrogens with zero attached hydrogens (tertiary/aromatic N) is 3. The summed E-state index contributed by atoms with van der Waals surface area (Å²) in [4.78, 5) is 7.94. The number of aryl methyl sites for hydroxylation is 1. The standard InChI is InChI=1S/C10H12F2N4O/c1-7-4-8(5-13)16-10(15-7)14-2-3-17-6-9(11)12/h4,9H,2-3,6H2,1H3,(H,14,15,16). The van der Waals surface area contributed by atoms with Crippen LogP contribution in [0.3, 0.4) is 0 Å². The molecule has 0 atom stereocenters. The van der Waals surface area contributed by atoms with Gasteiger partial charge in [-0.1, -0.05) is 0 Å². The molecule has 7 heteroatoms. The number of nitriles is 1. The lowest BCUT2D eigenvalue weighted by molar-refractivity contribution is 0.0214. The molecule has 1 heterocycles. The second-order valence-corrected chi connectivity index (χ2v) is 3.22. The van der Waals surface area contributed by atoms with Crippen molar-refractivity contribution >= 4 is 5.95 Å². The summed E-state index contributed by atoms with van der Waals surface area (Å²) in [5.74, 6) is 0.294. The van der Waals surface area contributed by atoms with Crippen LogP contribution in [0.5, 0.6) is 0 Å². The third kappa shape index (κ3) is 5.17. The predicted octanol–water partition coefficient (Wildman–Crippen LogP) is 1.35. The van der Waals surface area contributed by atoms with E-state index in [9.17, 15) is 8.78 Å². The Bertz CT molecular complexity index is 406. The van der Waals surface area contributed by atoms with Gasteiger partial charge in [0.25, 0.3) is 6.43 Å². The van der Waals surface area contributed by atoms with Crippen LogP contribution in [0, 0.1) is 18.3 Å². The normalized spacial score (nSPS) is 10.3. The summed E-state index contributed by atoms with van der Waals surface area (Å²) in [5.41, 5.74) is 0.918. The molecule has 0 aliphatic rings. The SMILES string of the molecule is Cc1cc(C#N)nc(NCCOCC(F)F)n1. The van der Waals surface area contributed by atoms with Crippen molar-refractivity contribution in [1.82, 2.24) is 9.97 Å². The summed E-state index contributed by atoms with van der Waals surface area (Å²) in [6, 6.07) is 3.46. The first-order valence-corrected chi connectivity index (χ1v) is 4.97. The van der Waals surface area contributed by atoms with Crippen molar-refractivity contribution < 1.29 is 13.5 Å². The number of aromatic nitrogens is 2. The Balaban J connectivity index is 2.37. The first kappa shape index (κ1) is 13.3. The maximum atomic E-state index is 11.7. The Hall–Kier alpha value is -1.81. The topological polar surface area (TPSA) is 70.8 Å². The molecular formula is C10H12F2N4O. The number of anilines is 1. The van der Waals surface area contributed by atoms with Gasteiger partial charge >= 0.3 is 0 Å². The van der Waals surface area contributed by atoms with Crippen LogP contribution in [0.2, 0.25) is 0 Å². The van der Waals surface area contributed by atoms with Crippen molar-refractivity contribution in [1.29, 1.82) is 5.26 Å². The molecule has 0 saturated carbocycles. The second kappa shape index (κ2) is 6.70. The van der Waals surface area contributed by atoms with Gasteiger partial charge in [-0.25, -0.2) is 18.7 Å². The zero-order valence-electron chi connectivity index (χ0n) is 9.28. The number of ether oxygens (including phenoxy) is 1. The van der Waals surface area contributed by atoms with Gasteiger partial charge in [0.1, 0.15) is 18.4 Å². The summed E-state index contributed by atoms with van der Waals surface area (Å²) in [6.07, 6.45) is -2.46. The van der Waals surface area contributed by atoms with Crippen molar-refractivity contribution in [2.75, 3.05) is 25.1 Å². The average Bonchev–Trinajstić information content (AvgIpc) is 2.27. The molecule has 0 spiro atoms. The minimum Gasteiger partial charge on any atom is -0.374 e. The fourth-order valence-electron chi connectivity index (χ4n) is 1.11. The fourth-order valence-corrected chi connectivity index (χ4v) is 1.11. The Labute approximate surface area is 97.4 Å². The van der Waals surface area contributed by atoms with E-state index in [0.29, 0.717) is 18.2 Å². The predicted molar refractivity (Wildman–Crippen MR) is 56.8 cm³/mol. The molecule has 0 aliphatic carbocycles. The minimum absolute atomic E-state index is 0.129. The molecule has 1 aromatic rings. The van der Waals surface area contributed by atoms with Gasteiger partial charge < -0.3 is 10.1 Å². The van der Waals surface area contributed by atoms with E-state index in [-0.39, 0.29) is 12.3 Å². The maximum Gasteiger partial charge on any atom is 0.261 e. The van der Waals surface area contributed by atoms with E-state index in [1.54, 1.807) is 13.0 Å². The molecule has 0 unspecified atom stereocenters. The second-order valence-electron chi connectivity index (χ2n) is 3.22. The molecular weight excluding hydrogens is 230 g/mol. The van der Waals surface area contributed by atoms with E-state index >= 15 is 0 Å². The average molecular weight is 242 g/mol. The highest BCUT2D eigenvalue weighted by atomic mass is 19.3. The molecule has 1 rings (SSSR count). The number of nitrogens with one attached hydrogen (secondary N) is 1. The quantitative estimate of drug-likeness (QED) is 0.762. The maximum absolute atomic E-state index is 11.7. The highest BCUT2D eigenvalue weighted by molar-refractivity contribution is 5.32. The summed E-state index contributed by atoms with van der Waals surface area (Å²) >= 11 is 0. The summed E-state index contributed by atoms with van der Waals surface area (Å²) in [7, 11) is 0. The van der Waals surface area contributed by atoms with Gasteiger partial charge in [0.2, 0.25) is 5.95 Å². The summed E-state index contributed by atoms with van der Waals surface area (Å²) in [5, 5.41) is 11.5. The lowest BCUT2D eigenvalue weighted by Gasteiger charge is -2.06. The number of alkyl halides is 2. The molecule has 5 nitrogen and oxygen atoms in total. The third-order valence-corrected chi connectivity index (χ3v) is 1.74. The minimum atomic E-state index is -2.46. The Morgan fingerprint density at radius 3 is 2.94 bits per heavy atom. The van der Waals surface area contributed by atoms with Crippen LogP contribution in [0.25, 0.3) is 0 Å². The van der Waals surface area contributed by atoms with E-state index in [0.717, 1.165) is 0 Å². The van der Waals surface area contributed by atoms with Crippen molar-refractivity contribution in [3.8, 4) is 6.07 Å². The van der Waals surface area contributed by atoms with Gasteiger partial charge in [-0.2, -0.15) is 5.26 Å². The van der Waals surface area contributed by atoms with Crippen molar-refractivity contribution in [3.05, 3.63) is 17.5 Å². The van der Waals surface area contributed by atoms with E-state index in [1.165, 1.54) is 0 Å². The first-order valence-electron chi connectivity index (χ1n) is 4.97. The van der Waals surface area contributed by atoms with Gasteiger partial charge in [-0.05, 0) is 13.0 Å². The number of hydrogen-bond acceptors (Lipinski definition) is 5. The van der Waals surface area contributed by atoms with Crippen molar-refractivity contribution in [2.24, 2.45) is 0 Å². The molecule has 92 valence electrons. The summed E-state index contributed by atoms with van der Waals surface area (Å²) in [6.45, 7) is 1.59. The van der Waals surface area contributed by atoms with Gasteiger partial charge in [-0.15, -0.1) is 0 Å².